The first-order valence-corrected chi connectivity index (χ1v) is 5.07. The van der Waals surface area contributed by atoms with Gasteiger partial charge in [-0.2, -0.15) is 8.42 Å². The molecule has 0 bridgehead atoms. The average molecular weight is 224 g/mol. The van der Waals surface area contributed by atoms with Crippen LogP contribution in [0.2, 0.25) is 0 Å². The molecule has 0 amide bonds. The van der Waals surface area contributed by atoms with Crippen molar-refractivity contribution < 1.29 is 32.4 Å². The molecule has 7 nitrogen and oxygen atoms in total. The van der Waals surface area contributed by atoms with E-state index < -0.39 is 26.9 Å². The standard InChI is InChI=1S/C6H8O7S/c7-3-6(14(10,11)12)1-2-13-4(6)5(8)9/h3-4H,1-2H2,(H,8,9)(H,10,11,12). The van der Waals surface area contributed by atoms with Crippen LogP contribution in [0.15, 0.2) is 0 Å². The summed E-state index contributed by atoms with van der Waals surface area (Å²) in [5, 5.41) is 8.58. The second-order valence-electron chi connectivity index (χ2n) is 2.89. The molecule has 1 saturated heterocycles. The van der Waals surface area contributed by atoms with E-state index in [0.717, 1.165) is 0 Å². The zero-order valence-corrected chi connectivity index (χ0v) is 7.73. The molecule has 80 valence electrons. The highest BCUT2D eigenvalue weighted by atomic mass is 32.2. The van der Waals surface area contributed by atoms with Crippen LogP contribution in [0.4, 0.5) is 0 Å². The molecule has 1 heterocycles. The van der Waals surface area contributed by atoms with Gasteiger partial charge in [0.15, 0.2) is 10.9 Å². The molecular formula is C6H8O7S. The van der Waals surface area contributed by atoms with E-state index in [4.69, 9.17) is 9.66 Å². The van der Waals surface area contributed by atoms with Gasteiger partial charge in [0.05, 0.1) is 0 Å². The van der Waals surface area contributed by atoms with Gasteiger partial charge in [-0.05, 0) is 0 Å². The summed E-state index contributed by atoms with van der Waals surface area (Å²) in [7, 11) is -4.78. The van der Waals surface area contributed by atoms with E-state index in [2.05, 4.69) is 4.74 Å². The molecule has 1 aliphatic rings. The lowest BCUT2D eigenvalue weighted by molar-refractivity contribution is -0.149. The Labute approximate surface area is 79.4 Å². The first kappa shape index (κ1) is 11.1. The third-order valence-corrected chi connectivity index (χ3v) is 3.60. The SMILES string of the molecule is O=CC1(S(=O)(=O)O)CCOC1C(=O)O. The molecule has 1 aliphatic heterocycles. The van der Waals surface area contributed by atoms with Crippen LogP contribution in [0.1, 0.15) is 6.42 Å². The number of hydrogen-bond acceptors (Lipinski definition) is 5. The van der Waals surface area contributed by atoms with Gasteiger partial charge in [-0.25, -0.2) is 4.79 Å². The van der Waals surface area contributed by atoms with Crippen molar-refractivity contribution in [3.05, 3.63) is 0 Å². The van der Waals surface area contributed by atoms with Crippen molar-refractivity contribution in [1.29, 1.82) is 0 Å². The minimum Gasteiger partial charge on any atom is -0.479 e. The van der Waals surface area contributed by atoms with Crippen LogP contribution in [0, 0.1) is 0 Å². The maximum atomic E-state index is 10.9. The Balaban J connectivity index is 3.24. The molecule has 0 spiro atoms. The van der Waals surface area contributed by atoms with Gasteiger partial charge in [0.2, 0.25) is 0 Å². The summed E-state index contributed by atoms with van der Waals surface area (Å²) < 4.78 is 32.8. The molecule has 14 heavy (non-hydrogen) atoms. The first-order valence-electron chi connectivity index (χ1n) is 3.63. The van der Waals surface area contributed by atoms with Gasteiger partial charge in [-0.3, -0.25) is 4.55 Å². The lowest BCUT2D eigenvalue weighted by Crippen LogP contribution is -2.51. The molecule has 8 heteroatoms. The average Bonchev–Trinajstić information content (AvgIpc) is 2.46. The van der Waals surface area contributed by atoms with Crippen molar-refractivity contribution in [3.63, 3.8) is 0 Å². The maximum absolute atomic E-state index is 10.9. The fourth-order valence-corrected chi connectivity index (χ4v) is 2.24. The minimum absolute atomic E-state index is 0.0892. The number of carbonyl (C=O) groups is 2. The van der Waals surface area contributed by atoms with Crippen molar-refractivity contribution in [1.82, 2.24) is 0 Å². The minimum atomic E-state index is -4.78. The molecule has 2 atom stereocenters. The summed E-state index contributed by atoms with van der Waals surface area (Å²) in [6.07, 6.45) is -2.28. The molecule has 0 aromatic carbocycles. The highest BCUT2D eigenvalue weighted by Crippen LogP contribution is 2.31. The Kier molecular flexibility index (Phi) is 2.61. The van der Waals surface area contributed by atoms with Crippen LogP contribution >= 0.6 is 0 Å². The summed E-state index contributed by atoms with van der Waals surface area (Å²) in [4.78, 5) is 21.2. The second-order valence-corrected chi connectivity index (χ2v) is 4.60. The van der Waals surface area contributed by atoms with Crippen LogP contribution in [-0.2, 0) is 24.4 Å². The number of carboxylic acid groups (broad SMARTS) is 1. The lowest BCUT2D eigenvalue weighted by Gasteiger charge is -2.21. The van der Waals surface area contributed by atoms with E-state index in [0.29, 0.717) is 0 Å². The molecule has 2 unspecified atom stereocenters. The normalized spacial score (nSPS) is 32.8. The van der Waals surface area contributed by atoms with Gasteiger partial charge in [-0.15, -0.1) is 0 Å². The third-order valence-electron chi connectivity index (χ3n) is 2.13. The van der Waals surface area contributed by atoms with E-state index in [-0.39, 0.29) is 19.3 Å². The highest BCUT2D eigenvalue weighted by molar-refractivity contribution is 7.88. The second kappa shape index (κ2) is 3.30. The number of carbonyl (C=O) groups excluding carboxylic acids is 1. The van der Waals surface area contributed by atoms with Gasteiger partial charge in [0.25, 0.3) is 10.1 Å². The zero-order chi connectivity index (χ0) is 11.0. The molecule has 2 N–H and O–H groups in total. The van der Waals surface area contributed by atoms with Crippen molar-refractivity contribution in [2.45, 2.75) is 17.3 Å². The van der Waals surface area contributed by atoms with Crippen molar-refractivity contribution >= 4 is 22.4 Å². The van der Waals surface area contributed by atoms with E-state index >= 15 is 0 Å². The summed E-state index contributed by atoms with van der Waals surface area (Å²) in [5.41, 5.74) is 0. The maximum Gasteiger partial charge on any atom is 0.335 e. The Morgan fingerprint density at radius 2 is 2.14 bits per heavy atom. The van der Waals surface area contributed by atoms with Crippen LogP contribution in [-0.4, -0.2) is 47.8 Å². The predicted octanol–water partition coefficient (Wildman–Crippen LogP) is -1.31. The molecule has 0 radical (unpaired) electrons. The third kappa shape index (κ3) is 1.41. The van der Waals surface area contributed by atoms with Gasteiger partial charge >= 0.3 is 5.97 Å². The Bertz CT molecular complexity index is 358. The summed E-state index contributed by atoms with van der Waals surface area (Å²) in [6, 6.07) is 0. The van der Waals surface area contributed by atoms with Gasteiger partial charge in [0, 0.05) is 13.0 Å². The number of aldehydes is 1. The number of hydrogen-bond donors (Lipinski definition) is 2. The Morgan fingerprint density at radius 1 is 1.57 bits per heavy atom. The fraction of sp³-hybridized carbons (Fsp3) is 0.667. The zero-order valence-electron chi connectivity index (χ0n) is 6.91. The number of carboxylic acids is 1. The Morgan fingerprint density at radius 3 is 2.43 bits per heavy atom. The largest absolute Gasteiger partial charge is 0.479 e. The monoisotopic (exact) mass is 224 g/mol. The van der Waals surface area contributed by atoms with E-state index in [9.17, 15) is 18.0 Å². The van der Waals surface area contributed by atoms with E-state index in [1.807, 2.05) is 0 Å². The molecule has 0 aromatic heterocycles. The summed E-state index contributed by atoms with van der Waals surface area (Å²) in [5.74, 6) is -1.59. The summed E-state index contributed by atoms with van der Waals surface area (Å²) >= 11 is 0. The molecular weight excluding hydrogens is 216 g/mol. The van der Waals surface area contributed by atoms with Crippen LogP contribution in [0.3, 0.4) is 0 Å². The quantitative estimate of drug-likeness (QED) is 0.451. The highest BCUT2D eigenvalue weighted by Gasteiger charge is 2.57. The molecule has 0 aliphatic carbocycles. The first-order chi connectivity index (χ1) is 6.35. The number of ether oxygens (including phenoxy) is 1. The predicted molar refractivity (Wildman–Crippen MR) is 42.3 cm³/mol. The smallest absolute Gasteiger partial charge is 0.335 e. The molecule has 0 saturated carbocycles. The summed E-state index contributed by atoms with van der Waals surface area (Å²) in [6.45, 7) is -0.199. The van der Waals surface area contributed by atoms with Crippen molar-refractivity contribution in [2.24, 2.45) is 0 Å². The number of aliphatic carboxylic acids is 1. The van der Waals surface area contributed by atoms with Crippen LogP contribution in [0.25, 0.3) is 0 Å². The van der Waals surface area contributed by atoms with E-state index in [1.54, 1.807) is 0 Å². The van der Waals surface area contributed by atoms with Crippen LogP contribution < -0.4 is 0 Å². The van der Waals surface area contributed by atoms with Gasteiger partial charge < -0.3 is 14.6 Å². The number of rotatable bonds is 3. The van der Waals surface area contributed by atoms with E-state index in [1.165, 1.54) is 0 Å². The topological polar surface area (TPSA) is 118 Å². The van der Waals surface area contributed by atoms with Gasteiger partial charge in [0.1, 0.15) is 6.29 Å². The van der Waals surface area contributed by atoms with Gasteiger partial charge in [-0.1, -0.05) is 0 Å². The fourth-order valence-electron chi connectivity index (χ4n) is 1.33. The lowest BCUT2D eigenvalue weighted by atomic mass is 10.0. The van der Waals surface area contributed by atoms with Crippen molar-refractivity contribution in [2.75, 3.05) is 6.61 Å². The van der Waals surface area contributed by atoms with Crippen LogP contribution in [0.5, 0.6) is 0 Å². The molecule has 1 rings (SSSR count). The molecule has 1 fully saturated rings. The van der Waals surface area contributed by atoms with Crippen molar-refractivity contribution in [3.8, 4) is 0 Å². The Hall–Kier alpha value is -0.990. The molecule has 0 aromatic rings.